The van der Waals surface area contributed by atoms with Gasteiger partial charge in [0.05, 0.1) is 6.20 Å². The monoisotopic (exact) mass is 240 g/mol. The second-order valence-electron chi connectivity index (χ2n) is 2.60. The maximum absolute atomic E-state index is 5.37. The first-order valence-corrected chi connectivity index (χ1v) is 5.16. The van der Waals surface area contributed by atoms with Gasteiger partial charge in [-0.25, -0.2) is 0 Å². The quantitative estimate of drug-likeness (QED) is 0.767. The molecule has 0 unspecified atom stereocenters. The Morgan fingerprint density at radius 1 is 1.38 bits per heavy atom. The molecule has 0 aliphatic heterocycles. The van der Waals surface area contributed by atoms with Crippen LogP contribution in [0.25, 0.3) is 10.9 Å². The summed E-state index contributed by atoms with van der Waals surface area (Å²) < 4.78 is 0. The summed E-state index contributed by atoms with van der Waals surface area (Å²) in [6.07, 6.45) is 1.80. The van der Waals surface area contributed by atoms with E-state index in [2.05, 4.69) is 21.0 Å². The van der Waals surface area contributed by atoms with E-state index in [-0.39, 0.29) is 0 Å². The molecule has 0 bridgehead atoms. The fraction of sp³-hybridized carbons (Fsp3) is 0.222. The van der Waals surface area contributed by atoms with E-state index in [1.54, 1.807) is 11.0 Å². The highest BCUT2D eigenvalue weighted by atomic mass is 79.9. The number of rotatable bonds is 3. The van der Waals surface area contributed by atoms with E-state index in [4.69, 9.17) is 4.84 Å². The van der Waals surface area contributed by atoms with E-state index < -0.39 is 0 Å². The zero-order chi connectivity index (χ0) is 9.10. The van der Waals surface area contributed by atoms with Crippen LogP contribution in [0.3, 0.4) is 0 Å². The van der Waals surface area contributed by atoms with Gasteiger partial charge in [-0.1, -0.05) is 39.0 Å². The SMILES string of the molecule is BrCCOn1ncc2ccccc21. The van der Waals surface area contributed by atoms with Gasteiger partial charge in [0.1, 0.15) is 12.1 Å². The fourth-order valence-electron chi connectivity index (χ4n) is 1.17. The molecule has 1 heterocycles. The number of hydrogen-bond donors (Lipinski definition) is 0. The normalized spacial score (nSPS) is 10.5. The van der Waals surface area contributed by atoms with E-state index in [0.29, 0.717) is 6.61 Å². The van der Waals surface area contributed by atoms with Crippen LogP contribution in [0.15, 0.2) is 30.5 Å². The zero-order valence-electron chi connectivity index (χ0n) is 6.98. The van der Waals surface area contributed by atoms with Crippen LogP contribution in [0, 0.1) is 0 Å². The Kier molecular flexibility index (Phi) is 2.49. The van der Waals surface area contributed by atoms with Gasteiger partial charge in [-0.05, 0) is 6.07 Å². The number of benzene rings is 1. The van der Waals surface area contributed by atoms with Crippen molar-refractivity contribution >= 4 is 26.8 Å². The number of alkyl halides is 1. The molecule has 0 saturated heterocycles. The minimum Gasteiger partial charge on any atom is -0.395 e. The topological polar surface area (TPSA) is 27.1 Å². The van der Waals surface area contributed by atoms with Crippen molar-refractivity contribution < 1.29 is 4.84 Å². The summed E-state index contributed by atoms with van der Waals surface area (Å²) >= 11 is 3.29. The summed E-state index contributed by atoms with van der Waals surface area (Å²) in [5.74, 6) is 0. The molecule has 3 nitrogen and oxygen atoms in total. The van der Waals surface area contributed by atoms with Crippen molar-refractivity contribution in [1.82, 2.24) is 9.94 Å². The van der Waals surface area contributed by atoms with Crippen LogP contribution in [0.4, 0.5) is 0 Å². The van der Waals surface area contributed by atoms with E-state index >= 15 is 0 Å². The molecule has 0 aliphatic rings. The Hall–Kier alpha value is -1.03. The molecule has 0 spiro atoms. The van der Waals surface area contributed by atoms with Gasteiger partial charge in [0.2, 0.25) is 0 Å². The van der Waals surface area contributed by atoms with Gasteiger partial charge in [-0.3, -0.25) is 0 Å². The maximum atomic E-state index is 5.37. The molecule has 0 atom stereocenters. The summed E-state index contributed by atoms with van der Waals surface area (Å²) in [5, 5.41) is 6.01. The second kappa shape index (κ2) is 3.79. The van der Waals surface area contributed by atoms with E-state index in [1.807, 2.05) is 24.3 Å². The molecule has 68 valence electrons. The van der Waals surface area contributed by atoms with Crippen LogP contribution in [0.1, 0.15) is 0 Å². The Bertz CT molecular complexity index is 399. The smallest absolute Gasteiger partial charge is 0.126 e. The lowest BCUT2D eigenvalue weighted by molar-refractivity contribution is 0.105. The van der Waals surface area contributed by atoms with Crippen molar-refractivity contribution in [1.29, 1.82) is 0 Å². The molecule has 0 amide bonds. The summed E-state index contributed by atoms with van der Waals surface area (Å²) in [7, 11) is 0. The Morgan fingerprint density at radius 3 is 3.08 bits per heavy atom. The number of para-hydroxylation sites is 1. The number of fused-ring (bicyclic) bond motifs is 1. The van der Waals surface area contributed by atoms with Crippen LogP contribution in [0.5, 0.6) is 0 Å². The molecule has 1 aromatic heterocycles. The highest BCUT2D eigenvalue weighted by molar-refractivity contribution is 9.09. The van der Waals surface area contributed by atoms with Crippen LogP contribution >= 0.6 is 15.9 Å². The van der Waals surface area contributed by atoms with Crippen molar-refractivity contribution in [2.45, 2.75) is 0 Å². The minimum atomic E-state index is 0.617. The average Bonchev–Trinajstić information content (AvgIpc) is 2.58. The van der Waals surface area contributed by atoms with Crippen LogP contribution in [-0.4, -0.2) is 21.9 Å². The van der Waals surface area contributed by atoms with Gasteiger partial charge in [0.15, 0.2) is 0 Å². The Morgan fingerprint density at radius 2 is 2.23 bits per heavy atom. The van der Waals surface area contributed by atoms with E-state index in [0.717, 1.165) is 16.2 Å². The largest absolute Gasteiger partial charge is 0.395 e. The molecule has 0 aliphatic carbocycles. The Balaban J connectivity index is 2.35. The van der Waals surface area contributed by atoms with Crippen molar-refractivity contribution in [3.05, 3.63) is 30.5 Å². The fourth-order valence-corrected chi connectivity index (χ4v) is 1.32. The number of hydrogen-bond acceptors (Lipinski definition) is 2. The van der Waals surface area contributed by atoms with Gasteiger partial charge in [-0.15, -0.1) is 5.10 Å². The second-order valence-corrected chi connectivity index (χ2v) is 3.39. The lowest BCUT2D eigenvalue weighted by Crippen LogP contribution is -2.14. The highest BCUT2D eigenvalue weighted by Crippen LogP contribution is 2.10. The Labute approximate surface area is 84.4 Å². The molecule has 0 N–H and O–H groups in total. The summed E-state index contributed by atoms with van der Waals surface area (Å²) in [4.78, 5) is 6.92. The van der Waals surface area contributed by atoms with Crippen molar-refractivity contribution in [3.63, 3.8) is 0 Å². The maximum Gasteiger partial charge on any atom is 0.126 e. The van der Waals surface area contributed by atoms with Gasteiger partial charge < -0.3 is 4.84 Å². The third kappa shape index (κ3) is 1.67. The van der Waals surface area contributed by atoms with Crippen LogP contribution in [0.2, 0.25) is 0 Å². The molecule has 0 radical (unpaired) electrons. The first kappa shape index (κ1) is 8.56. The predicted octanol–water partition coefficient (Wildman–Crippen LogP) is 1.86. The summed E-state index contributed by atoms with van der Waals surface area (Å²) in [6.45, 7) is 0.617. The molecular formula is C9H9BrN2O. The minimum absolute atomic E-state index is 0.617. The van der Waals surface area contributed by atoms with Crippen molar-refractivity contribution in [3.8, 4) is 0 Å². The molecule has 1 aromatic carbocycles. The third-order valence-corrected chi connectivity index (χ3v) is 2.06. The van der Waals surface area contributed by atoms with Crippen molar-refractivity contribution in [2.24, 2.45) is 0 Å². The number of halogens is 1. The molecule has 0 saturated carbocycles. The van der Waals surface area contributed by atoms with Gasteiger partial charge in [0.25, 0.3) is 0 Å². The standard InChI is InChI=1S/C9H9BrN2O/c10-5-6-13-12-9-4-2-1-3-8(9)7-11-12/h1-4,7H,5-6H2. The number of aromatic nitrogens is 2. The average molecular weight is 241 g/mol. The summed E-state index contributed by atoms with van der Waals surface area (Å²) in [5.41, 5.74) is 1.00. The van der Waals surface area contributed by atoms with Gasteiger partial charge >= 0.3 is 0 Å². The first-order valence-electron chi connectivity index (χ1n) is 4.04. The van der Waals surface area contributed by atoms with Crippen LogP contribution < -0.4 is 4.84 Å². The number of nitrogens with zero attached hydrogens (tertiary/aromatic N) is 2. The molecular weight excluding hydrogens is 232 g/mol. The predicted molar refractivity (Wildman–Crippen MR) is 55.0 cm³/mol. The molecule has 0 fully saturated rings. The zero-order valence-corrected chi connectivity index (χ0v) is 8.57. The van der Waals surface area contributed by atoms with Gasteiger partial charge in [-0.2, -0.15) is 0 Å². The molecule has 2 rings (SSSR count). The lowest BCUT2D eigenvalue weighted by Gasteiger charge is -2.02. The molecule has 13 heavy (non-hydrogen) atoms. The van der Waals surface area contributed by atoms with E-state index in [1.165, 1.54) is 0 Å². The molecule has 2 aromatic rings. The highest BCUT2D eigenvalue weighted by Gasteiger charge is 2.00. The van der Waals surface area contributed by atoms with Crippen LogP contribution in [-0.2, 0) is 0 Å². The van der Waals surface area contributed by atoms with Crippen molar-refractivity contribution in [2.75, 3.05) is 11.9 Å². The van der Waals surface area contributed by atoms with E-state index in [9.17, 15) is 0 Å². The summed E-state index contributed by atoms with van der Waals surface area (Å²) in [6, 6.07) is 7.95. The lowest BCUT2D eigenvalue weighted by atomic mass is 10.3. The molecule has 4 heteroatoms. The first-order chi connectivity index (χ1) is 6.42. The third-order valence-electron chi connectivity index (χ3n) is 1.74. The van der Waals surface area contributed by atoms with Gasteiger partial charge in [0, 0.05) is 10.7 Å².